The summed E-state index contributed by atoms with van der Waals surface area (Å²) in [6.07, 6.45) is 2.29. The van der Waals surface area contributed by atoms with Crippen LogP contribution in [0, 0.1) is 0 Å². The molecule has 0 bridgehead atoms. The summed E-state index contributed by atoms with van der Waals surface area (Å²) in [6.45, 7) is 3.88. The number of hydrogen-bond acceptors (Lipinski definition) is 3. The zero-order chi connectivity index (χ0) is 12.8. The molecule has 98 valence electrons. The van der Waals surface area contributed by atoms with E-state index in [0.717, 1.165) is 29.9 Å². The zero-order valence-corrected chi connectivity index (χ0v) is 10.7. The molecule has 1 aliphatic rings. The van der Waals surface area contributed by atoms with Crippen molar-refractivity contribution < 1.29 is 14.3 Å². The maximum atomic E-state index is 11.3. The first-order valence-corrected chi connectivity index (χ1v) is 6.45. The number of benzene rings is 1. The van der Waals surface area contributed by atoms with E-state index in [9.17, 15) is 4.79 Å². The Labute approximate surface area is 107 Å². The van der Waals surface area contributed by atoms with Crippen LogP contribution >= 0.6 is 0 Å². The molecule has 0 fully saturated rings. The van der Waals surface area contributed by atoms with E-state index in [4.69, 9.17) is 9.47 Å². The van der Waals surface area contributed by atoms with Crippen LogP contribution in [-0.4, -0.2) is 25.7 Å². The second-order valence-corrected chi connectivity index (χ2v) is 4.33. The quantitative estimate of drug-likeness (QED) is 0.867. The van der Waals surface area contributed by atoms with Crippen molar-refractivity contribution >= 4 is 5.91 Å². The maximum Gasteiger partial charge on any atom is 0.219 e. The van der Waals surface area contributed by atoms with E-state index in [2.05, 4.69) is 5.32 Å². The van der Waals surface area contributed by atoms with E-state index in [1.807, 2.05) is 25.1 Å². The Morgan fingerprint density at radius 2 is 2.06 bits per heavy atom. The van der Waals surface area contributed by atoms with Gasteiger partial charge in [0.1, 0.15) is 13.2 Å². The largest absolute Gasteiger partial charge is 0.486 e. The molecule has 18 heavy (non-hydrogen) atoms. The van der Waals surface area contributed by atoms with Gasteiger partial charge >= 0.3 is 0 Å². The fourth-order valence-corrected chi connectivity index (χ4v) is 1.90. The average Bonchev–Trinajstić information content (AvgIpc) is 2.39. The average molecular weight is 249 g/mol. The Bertz CT molecular complexity index is 418. The highest BCUT2D eigenvalue weighted by molar-refractivity contribution is 5.75. The second kappa shape index (κ2) is 6.28. The van der Waals surface area contributed by atoms with Gasteiger partial charge in [0.05, 0.1) is 0 Å². The van der Waals surface area contributed by atoms with Gasteiger partial charge in [0, 0.05) is 13.0 Å². The van der Waals surface area contributed by atoms with E-state index in [1.54, 1.807) is 0 Å². The van der Waals surface area contributed by atoms with E-state index >= 15 is 0 Å². The summed E-state index contributed by atoms with van der Waals surface area (Å²) >= 11 is 0. The van der Waals surface area contributed by atoms with Crippen LogP contribution in [0.3, 0.4) is 0 Å². The van der Waals surface area contributed by atoms with E-state index in [0.29, 0.717) is 26.2 Å². The molecule has 2 rings (SSSR count). The molecule has 0 aromatic heterocycles. The van der Waals surface area contributed by atoms with Crippen molar-refractivity contribution in [3.63, 3.8) is 0 Å². The van der Waals surface area contributed by atoms with E-state index in [-0.39, 0.29) is 5.91 Å². The third-order valence-corrected chi connectivity index (χ3v) is 2.82. The fourth-order valence-electron chi connectivity index (χ4n) is 1.90. The molecular weight excluding hydrogens is 230 g/mol. The van der Waals surface area contributed by atoms with Gasteiger partial charge in [0.15, 0.2) is 11.5 Å². The summed E-state index contributed by atoms with van der Waals surface area (Å²) in [7, 11) is 0. The van der Waals surface area contributed by atoms with E-state index in [1.165, 1.54) is 0 Å². The van der Waals surface area contributed by atoms with Gasteiger partial charge in [0.25, 0.3) is 0 Å². The standard InChI is InChI=1S/C14H19NO3/c1-2-3-14(16)15-7-6-11-4-5-12-13(10-11)18-9-8-17-12/h4-5,10H,2-3,6-9H2,1H3,(H,15,16). The molecule has 1 aliphatic heterocycles. The number of hydrogen-bond donors (Lipinski definition) is 1. The lowest BCUT2D eigenvalue weighted by Crippen LogP contribution is -2.25. The highest BCUT2D eigenvalue weighted by Gasteiger charge is 2.11. The van der Waals surface area contributed by atoms with Crippen molar-refractivity contribution in [3.8, 4) is 11.5 Å². The highest BCUT2D eigenvalue weighted by Crippen LogP contribution is 2.30. The molecule has 0 spiro atoms. The first kappa shape index (κ1) is 12.7. The minimum absolute atomic E-state index is 0.120. The predicted octanol–water partition coefficient (Wildman–Crippen LogP) is 1.92. The second-order valence-electron chi connectivity index (χ2n) is 4.33. The first-order chi connectivity index (χ1) is 8.79. The van der Waals surface area contributed by atoms with Crippen molar-refractivity contribution in [1.82, 2.24) is 5.32 Å². The van der Waals surface area contributed by atoms with Gasteiger partial charge in [0.2, 0.25) is 5.91 Å². The van der Waals surface area contributed by atoms with Crippen LogP contribution in [0.5, 0.6) is 11.5 Å². The third kappa shape index (κ3) is 3.39. The number of nitrogens with one attached hydrogen (secondary N) is 1. The highest BCUT2D eigenvalue weighted by atomic mass is 16.6. The number of ether oxygens (including phenoxy) is 2. The summed E-state index contributed by atoms with van der Waals surface area (Å²) in [5.74, 6) is 1.73. The number of carbonyl (C=O) groups is 1. The van der Waals surface area contributed by atoms with Gasteiger partial charge in [-0.15, -0.1) is 0 Å². The molecule has 1 aromatic carbocycles. The summed E-state index contributed by atoms with van der Waals surface area (Å²) in [5, 5.41) is 2.90. The lowest BCUT2D eigenvalue weighted by Gasteiger charge is -2.18. The van der Waals surface area contributed by atoms with Gasteiger partial charge in [-0.05, 0) is 30.5 Å². The van der Waals surface area contributed by atoms with Crippen LogP contribution in [0.1, 0.15) is 25.3 Å². The monoisotopic (exact) mass is 249 g/mol. The van der Waals surface area contributed by atoms with Crippen molar-refractivity contribution in [2.75, 3.05) is 19.8 Å². The predicted molar refractivity (Wildman–Crippen MR) is 69.1 cm³/mol. The minimum Gasteiger partial charge on any atom is -0.486 e. The number of amides is 1. The molecule has 0 unspecified atom stereocenters. The topological polar surface area (TPSA) is 47.6 Å². The van der Waals surface area contributed by atoms with Crippen molar-refractivity contribution in [1.29, 1.82) is 0 Å². The molecule has 1 heterocycles. The maximum absolute atomic E-state index is 11.3. The molecule has 0 aliphatic carbocycles. The van der Waals surface area contributed by atoms with Gasteiger partial charge in [-0.1, -0.05) is 13.0 Å². The molecule has 0 atom stereocenters. The molecule has 0 saturated heterocycles. The molecular formula is C14H19NO3. The molecule has 1 N–H and O–H groups in total. The Morgan fingerprint density at radius 1 is 1.28 bits per heavy atom. The summed E-state index contributed by atoms with van der Waals surface area (Å²) < 4.78 is 11.0. The van der Waals surface area contributed by atoms with Gasteiger partial charge in [-0.25, -0.2) is 0 Å². The molecule has 0 saturated carbocycles. The Balaban J connectivity index is 1.84. The molecule has 4 heteroatoms. The Hall–Kier alpha value is -1.71. The first-order valence-electron chi connectivity index (χ1n) is 6.45. The molecule has 1 aromatic rings. The van der Waals surface area contributed by atoms with Crippen LogP contribution < -0.4 is 14.8 Å². The van der Waals surface area contributed by atoms with Gasteiger partial charge in [-0.3, -0.25) is 4.79 Å². The zero-order valence-electron chi connectivity index (χ0n) is 10.7. The Morgan fingerprint density at radius 3 is 2.83 bits per heavy atom. The molecule has 1 amide bonds. The van der Waals surface area contributed by atoms with Crippen molar-refractivity contribution in [3.05, 3.63) is 23.8 Å². The van der Waals surface area contributed by atoms with Crippen LogP contribution in [-0.2, 0) is 11.2 Å². The number of carbonyl (C=O) groups excluding carboxylic acids is 1. The summed E-state index contributed by atoms with van der Waals surface area (Å²) in [6, 6.07) is 5.93. The third-order valence-electron chi connectivity index (χ3n) is 2.82. The lowest BCUT2D eigenvalue weighted by atomic mass is 10.1. The van der Waals surface area contributed by atoms with Crippen LogP contribution in [0.25, 0.3) is 0 Å². The number of rotatable bonds is 5. The fraction of sp³-hybridized carbons (Fsp3) is 0.500. The van der Waals surface area contributed by atoms with Gasteiger partial charge in [-0.2, -0.15) is 0 Å². The van der Waals surface area contributed by atoms with Gasteiger partial charge < -0.3 is 14.8 Å². The minimum atomic E-state index is 0.120. The van der Waals surface area contributed by atoms with Crippen LogP contribution in [0.15, 0.2) is 18.2 Å². The number of fused-ring (bicyclic) bond motifs is 1. The smallest absolute Gasteiger partial charge is 0.219 e. The Kier molecular flexibility index (Phi) is 4.45. The van der Waals surface area contributed by atoms with E-state index < -0.39 is 0 Å². The van der Waals surface area contributed by atoms with Crippen molar-refractivity contribution in [2.45, 2.75) is 26.2 Å². The molecule has 0 radical (unpaired) electrons. The van der Waals surface area contributed by atoms with Crippen LogP contribution in [0.2, 0.25) is 0 Å². The SMILES string of the molecule is CCCC(=O)NCCc1ccc2c(c1)OCCO2. The summed E-state index contributed by atoms with van der Waals surface area (Å²) in [4.78, 5) is 11.3. The molecule has 4 nitrogen and oxygen atoms in total. The van der Waals surface area contributed by atoms with Crippen LogP contribution in [0.4, 0.5) is 0 Å². The lowest BCUT2D eigenvalue weighted by molar-refractivity contribution is -0.121. The normalized spacial score (nSPS) is 13.2. The van der Waals surface area contributed by atoms with Crippen molar-refractivity contribution in [2.24, 2.45) is 0 Å². The summed E-state index contributed by atoms with van der Waals surface area (Å²) in [5.41, 5.74) is 1.15.